The predicted octanol–water partition coefficient (Wildman–Crippen LogP) is 1.06. The molecular formula is C12H12FN3O3S. The average molecular weight is 297 g/mol. The zero-order valence-corrected chi connectivity index (χ0v) is 11.3. The molecule has 0 saturated heterocycles. The van der Waals surface area contributed by atoms with Gasteiger partial charge in [-0.3, -0.25) is 4.79 Å². The van der Waals surface area contributed by atoms with Gasteiger partial charge in [0.2, 0.25) is 10.0 Å². The molecule has 20 heavy (non-hydrogen) atoms. The van der Waals surface area contributed by atoms with Gasteiger partial charge < -0.3 is 9.88 Å². The second-order valence-corrected chi connectivity index (χ2v) is 5.74. The zero-order chi connectivity index (χ0) is 14.9. The molecule has 1 aromatic heterocycles. The van der Waals surface area contributed by atoms with Gasteiger partial charge in [0.25, 0.3) is 5.91 Å². The third kappa shape index (κ3) is 3.03. The molecule has 2 aromatic rings. The van der Waals surface area contributed by atoms with Gasteiger partial charge in [-0.25, -0.2) is 17.9 Å². The SMILES string of the molecule is Cn1cc(S(N)(=O)=O)cc1C(=O)Nc1cccc(F)c1. The summed E-state index contributed by atoms with van der Waals surface area (Å²) in [7, 11) is -2.37. The maximum Gasteiger partial charge on any atom is 0.272 e. The van der Waals surface area contributed by atoms with E-state index in [1.807, 2.05) is 0 Å². The van der Waals surface area contributed by atoms with Gasteiger partial charge in [0, 0.05) is 18.9 Å². The van der Waals surface area contributed by atoms with E-state index in [1.54, 1.807) is 0 Å². The van der Waals surface area contributed by atoms with Crippen LogP contribution in [0.3, 0.4) is 0 Å². The van der Waals surface area contributed by atoms with Crippen molar-refractivity contribution in [2.24, 2.45) is 12.2 Å². The molecule has 3 N–H and O–H groups in total. The van der Waals surface area contributed by atoms with Crippen molar-refractivity contribution in [1.29, 1.82) is 0 Å². The largest absolute Gasteiger partial charge is 0.345 e. The van der Waals surface area contributed by atoms with Gasteiger partial charge in [-0.1, -0.05) is 6.07 Å². The number of primary sulfonamides is 1. The lowest BCUT2D eigenvalue weighted by Crippen LogP contribution is -2.15. The molecule has 0 atom stereocenters. The molecule has 8 heteroatoms. The third-order valence-corrected chi connectivity index (χ3v) is 3.50. The second-order valence-electron chi connectivity index (χ2n) is 4.18. The number of anilines is 1. The van der Waals surface area contributed by atoms with Gasteiger partial charge in [-0.05, 0) is 24.3 Å². The fraction of sp³-hybridized carbons (Fsp3) is 0.0833. The Balaban J connectivity index is 2.28. The van der Waals surface area contributed by atoms with Crippen LogP contribution < -0.4 is 10.5 Å². The first kappa shape index (κ1) is 14.2. The normalized spacial score (nSPS) is 11.3. The Morgan fingerprint density at radius 2 is 2.05 bits per heavy atom. The van der Waals surface area contributed by atoms with E-state index in [0.717, 1.165) is 12.1 Å². The van der Waals surface area contributed by atoms with Crippen LogP contribution in [0.4, 0.5) is 10.1 Å². The lowest BCUT2D eigenvalue weighted by molar-refractivity contribution is 0.101. The van der Waals surface area contributed by atoms with Gasteiger partial charge in [0.15, 0.2) is 0 Å². The number of rotatable bonds is 3. The monoisotopic (exact) mass is 297 g/mol. The van der Waals surface area contributed by atoms with Gasteiger partial charge >= 0.3 is 0 Å². The summed E-state index contributed by atoms with van der Waals surface area (Å²) in [5.74, 6) is -1.05. The zero-order valence-electron chi connectivity index (χ0n) is 10.5. The summed E-state index contributed by atoms with van der Waals surface area (Å²) in [5, 5.41) is 7.46. The van der Waals surface area contributed by atoms with Gasteiger partial charge in [0.05, 0.1) is 0 Å². The predicted molar refractivity (Wildman–Crippen MR) is 71.1 cm³/mol. The van der Waals surface area contributed by atoms with Crippen LogP contribution in [-0.2, 0) is 17.1 Å². The topological polar surface area (TPSA) is 94.2 Å². The van der Waals surface area contributed by atoms with E-state index in [4.69, 9.17) is 5.14 Å². The Morgan fingerprint density at radius 3 is 2.60 bits per heavy atom. The molecular weight excluding hydrogens is 285 g/mol. The first-order chi connectivity index (χ1) is 9.27. The molecule has 1 amide bonds. The number of amides is 1. The quantitative estimate of drug-likeness (QED) is 0.887. The first-order valence-corrected chi connectivity index (χ1v) is 7.08. The molecule has 0 aliphatic heterocycles. The molecule has 1 aromatic carbocycles. The van der Waals surface area contributed by atoms with Crippen molar-refractivity contribution in [2.45, 2.75) is 4.90 Å². The van der Waals surface area contributed by atoms with Crippen LogP contribution >= 0.6 is 0 Å². The minimum Gasteiger partial charge on any atom is -0.345 e. The maximum atomic E-state index is 13.0. The van der Waals surface area contributed by atoms with Crippen molar-refractivity contribution in [3.63, 3.8) is 0 Å². The molecule has 0 unspecified atom stereocenters. The van der Waals surface area contributed by atoms with Crippen molar-refractivity contribution in [2.75, 3.05) is 5.32 Å². The molecule has 0 aliphatic carbocycles. The molecule has 106 valence electrons. The number of carbonyl (C=O) groups excluding carboxylic acids is 1. The standard InChI is InChI=1S/C12H12FN3O3S/c1-16-7-10(20(14,18)19)6-11(16)12(17)15-9-4-2-3-8(13)5-9/h2-7H,1H3,(H,15,17)(H2,14,18,19). The highest BCUT2D eigenvalue weighted by Gasteiger charge is 2.17. The van der Waals surface area contributed by atoms with Crippen LogP contribution in [0.15, 0.2) is 41.4 Å². The van der Waals surface area contributed by atoms with E-state index in [9.17, 15) is 17.6 Å². The smallest absolute Gasteiger partial charge is 0.272 e. The highest BCUT2D eigenvalue weighted by atomic mass is 32.2. The molecule has 0 aliphatic rings. The van der Waals surface area contributed by atoms with E-state index in [1.165, 1.54) is 36.0 Å². The molecule has 2 rings (SSSR count). The number of nitrogens with zero attached hydrogens (tertiary/aromatic N) is 1. The lowest BCUT2D eigenvalue weighted by atomic mass is 10.3. The Morgan fingerprint density at radius 1 is 1.35 bits per heavy atom. The summed E-state index contributed by atoms with van der Waals surface area (Å²) in [5.41, 5.74) is 0.367. The van der Waals surface area contributed by atoms with E-state index >= 15 is 0 Å². The van der Waals surface area contributed by atoms with Crippen molar-refractivity contribution in [1.82, 2.24) is 4.57 Å². The van der Waals surface area contributed by atoms with E-state index in [-0.39, 0.29) is 16.3 Å². The van der Waals surface area contributed by atoms with Gasteiger partial charge in [0.1, 0.15) is 16.4 Å². The fourth-order valence-electron chi connectivity index (χ4n) is 1.68. The summed E-state index contributed by atoms with van der Waals surface area (Å²) in [6, 6.07) is 6.53. The van der Waals surface area contributed by atoms with Crippen LogP contribution in [0.2, 0.25) is 0 Å². The van der Waals surface area contributed by atoms with Crippen LogP contribution in [0.25, 0.3) is 0 Å². The lowest BCUT2D eigenvalue weighted by Gasteiger charge is -2.05. The highest BCUT2D eigenvalue weighted by Crippen LogP contribution is 2.15. The number of aromatic nitrogens is 1. The van der Waals surface area contributed by atoms with Crippen LogP contribution in [0.1, 0.15) is 10.5 Å². The van der Waals surface area contributed by atoms with Crippen molar-refractivity contribution in [3.8, 4) is 0 Å². The Bertz CT molecular complexity index is 768. The number of nitrogens with two attached hydrogens (primary N) is 1. The molecule has 0 fully saturated rings. The molecule has 0 saturated carbocycles. The summed E-state index contributed by atoms with van der Waals surface area (Å²) in [4.78, 5) is 11.8. The van der Waals surface area contributed by atoms with E-state index in [2.05, 4.69) is 5.32 Å². The molecule has 1 heterocycles. The number of halogens is 1. The number of carbonyl (C=O) groups is 1. The second kappa shape index (κ2) is 5.06. The highest BCUT2D eigenvalue weighted by molar-refractivity contribution is 7.89. The van der Waals surface area contributed by atoms with Crippen LogP contribution in [0.5, 0.6) is 0 Å². The summed E-state index contributed by atoms with van der Waals surface area (Å²) in [6.45, 7) is 0. The number of aryl methyl sites for hydroxylation is 1. The first-order valence-electron chi connectivity index (χ1n) is 5.53. The van der Waals surface area contributed by atoms with Crippen LogP contribution in [0, 0.1) is 5.82 Å². The Hall–Kier alpha value is -2.19. The number of hydrogen-bond acceptors (Lipinski definition) is 3. The number of hydrogen-bond donors (Lipinski definition) is 2. The van der Waals surface area contributed by atoms with Crippen molar-refractivity contribution < 1.29 is 17.6 Å². The maximum absolute atomic E-state index is 13.0. The number of nitrogens with one attached hydrogen (secondary N) is 1. The summed E-state index contributed by atoms with van der Waals surface area (Å²) >= 11 is 0. The summed E-state index contributed by atoms with van der Waals surface area (Å²) in [6.07, 6.45) is 1.23. The molecule has 0 spiro atoms. The average Bonchev–Trinajstić information content (AvgIpc) is 2.71. The van der Waals surface area contributed by atoms with Crippen LogP contribution in [-0.4, -0.2) is 18.9 Å². The Labute approximate surface area is 115 Å². The number of benzene rings is 1. The Kier molecular flexibility index (Phi) is 3.60. The van der Waals surface area contributed by atoms with Gasteiger partial charge in [-0.15, -0.1) is 0 Å². The molecule has 6 nitrogen and oxygen atoms in total. The summed E-state index contributed by atoms with van der Waals surface area (Å²) < 4.78 is 36.7. The number of sulfonamides is 1. The van der Waals surface area contributed by atoms with E-state index in [0.29, 0.717) is 0 Å². The molecule has 0 bridgehead atoms. The van der Waals surface area contributed by atoms with Crippen molar-refractivity contribution in [3.05, 3.63) is 48.0 Å². The molecule has 0 radical (unpaired) electrons. The minimum absolute atomic E-state index is 0.0956. The van der Waals surface area contributed by atoms with E-state index < -0.39 is 21.7 Å². The third-order valence-electron chi connectivity index (χ3n) is 2.62. The minimum atomic E-state index is -3.88. The fourth-order valence-corrected chi connectivity index (χ4v) is 2.26. The van der Waals surface area contributed by atoms with Gasteiger partial charge in [-0.2, -0.15) is 0 Å². The van der Waals surface area contributed by atoms with Crippen molar-refractivity contribution >= 4 is 21.6 Å².